The summed E-state index contributed by atoms with van der Waals surface area (Å²) in [6.07, 6.45) is 0. The molecule has 1 aromatic carbocycles. The molecule has 16 heavy (non-hydrogen) atoms. The van der Waals surface area contributed by atoms with Crippen LogP contribution in [0, 0.1) is 23.0 Å². The van der Waals surface area contributed by atoms with Crippen molar-refractivity contribution in [2.75, 3.05) is 13.2 Å². The maximum atomic E-state index is 10.8. The van der Waals surface area contributed by atoms with E-state index in [1.165, 1.54) is 6.07 Å². The summed E-state index contributed by atoms with van der Waals surface area (Å²) in [5, 5.41) is 19.6. The molecule has 0 spiro atoms. The summed E-state index contributed by atoms with van der Waals surface area (Å²) in [5.41, 5.74) is 0.685. The fourth-order valence-corrected chi connectivity index (χ4v) is 1.25. The normalized spacial score (nSPS) is 12.2. The first kappa shape index (κ1) is 12.4. The van der Waals surface area contributed by atoms with Gasteiger partial charge in [-0.1, -0.05) is 19.1 Å². The van der Waals surface area contributed by atoms with Gasteiger partial charge in [0, 0.05) is 18.6 Å². The maximum absolute atomic E-state index is 10.8. The molecule has 5 nitrogen and oxygen atoms in total. The maximum Gasteiger partial charge on any atom is 0.311 e. The summed E-state index contributed by atoms with van der Waals surface area (Å²) in [4.78, 5) is 10.3. The molecule has 0 radical (unpaired) electrons. The summed E-state index contributed by atoms with van der Waals surface area (Å²) in [5.74, 6) is 0.243. The van der Waals surface area contributed by atoms with Gasteiger partial charge >= 0.3 is 5.69 Å². The summed E-state index contributed by atoms with van der Waals surface area (Å²) in [6.45, 7) is 3.83. The van der Waals surface area contributed by atoms with E-state index in [1.807, 2.05) is 6.92 Å². The first-order chi connectivity index (χ1) is 7.56. The Balaban J connectivity index is 2.88. The van der Waals surface area contributed by atoms with E-state index in [9.17, 15) is 10.1 Å². The topological polar surface area (TPSA) is 72.6 Å². The molecule has 0 bridgehead atoms. The zero-order valence-electron chi connectivity index (χ0n) is 9.34. The lowest BCUT2D eigenvalue weighted by Gasteiger charge is -2.12. The fraction of sp³-hybridized carbons (Fsp3) is 0.455. The number of aliphatic hydroxyl groups is 1. The van der Waals surface area contributed by atoms with Crippen molar-refractivity contribution in [3.8, 4) is 5.75 Å². The number of aryl methyl sites for hydroxylation is 1. The lowest BCUT2D eigenvalue weighted by molar-refractivity contribution is -0.386. The number of nitro benzene ring substituents is 1. The van der Waals surface area contributed by atoms with E-state index in [4.69, 9.17) is 9.84 Å². The van der Waals surface area contributed by atoms with Gasteiger partial charge in [-0.3, -0.25) is 10.1 Å². The monoisotopic (exact) mass is 225 g/mol. The van der Waals surface area contributed by atoms with Crippen LogP contribution >= 0.6 is 0 Å². The Morgan fingerprint density at radius 3 is 2.81 bits per heavy atom. The smallest absolute Gasteiger partial charge is 0.311 e. The van der Waals surface area contributed by atoms with Crippen molar-refractivity contribution in [3.63, 3.8) is 0 Å². The molecule has 5 heteroatoms. The van der Waals surface area contributed by atoms with Gasteiger partial charge in [-0.05, 0) is 12.5 Å². The summed E-state index contributed by atoms with van der Waals surface area (Å²) < 4.78 is 5.38. The second kappa shape index (κ2) is 5.46. The SMILES string of the molecule is Cc1cccc([N+](=O)[O-])c1OCC(C)CO. The van der Waals surface area contributed by atoms with Gasteiger partial charge in [-0.15, -0.1) is 0 Å². The van der Waals surface area contributed by atoms with Gasteiger partial charge in [0.2, 0.25) is 0 Å². The molecule has 0 aliphatic heterocycles. The molecule has 1 unspecified atom stereocenters. The minimum atomic E-state index is -0.466. The minimum absolute atomic E-state index is 0.000319. The number of para-hydroxylation sites is 1. The van der Waals surface area contributed by atoms with E-state index in [-0.39, 0.29) is 30.6 Å². The van der Waals surface area contributed by atoms with E-state index in [1.54, 1.807) is 19.1 Å². The Morgan fingerprint density at radius 1 is 1.56 bits per heavy atom. The molecule has 0 fully saturated rings. The fourth-order valence-electron chi connectivity index (χ4n) is 1.25. The Labute approximate surface area is 93.8 Å². The number of nitro groups is 1. The third-order valence-corrected chi connectivity index (χ3v) is 2.21. The highest BCUT2D eigenvalue weighted by Crippen LogP contribution is 2.30. The average molecular weight is 225 g/mol. The zero-order chi connectivity index (χ0) is 12.1. The van der Waals surface area contributed by atoms with Gasteiger partial charge in [0.05, 0.1) is 11.5 Å². The molecule has 1 aromatic rings. The number of rotatable bonds is 5. The molecule has 0 aliphatic carbocycles. The van der Waals surface area contributed by atoms with Gasteiger partial charge in [0.1, 0.15) is 0 Å². The molecule has 1 rings (SSSR count). The average Bonchev–Trinajstić information content (AvgIpc) is 2.26. The van der Waals surface area contributed by atoms with Gasteiger partial charge < -0.3 is 9.84 Å². The van der Waals surface area contributed by atoms with Crippen LogP contribution in [0.25, 0.3) is 0 Å². The molecule has 0 saturated heterocycles. The van der Waals surface area contributed by atoms with E-state index in [0.29, 0.717) is 0 Å². The Morgan fingerprint density at radius 2 is 2.25 bits per heavy atom. The summed E-state index contributed by atoms with van der Waals surface area (Å²) >= 11 is 0. The molecule has 1 N–H and O–H groups in total. The summed E-state index contributed by atoms with van der Waals surface area (Å²) in [7, 11) is 0. The van der Waals surface area contributed by atoms with Crippen LogP contribution in [-0.2, 0) is 0 Å². The molecule has 88 valence electrons. The van der Waals surface area contributed by atoms with E-state index < -0.39 is 4.92 Å². The largest absolute Gasteiger partial charge is 0.486 e. The number of benzene rings is 1. The minimum Gasteiger partial charge on any atom is -0.486 e. The van der Waals surface area contributed by atoms with Crippen LogP contribution in [-0.4, -0.2) is 23.2 Å². The van der Waals surface area contributed by atoms with E-state index in [0.717, 1.165) is 5.56 Å². The van der Waals surface area contributed by atoms with Crippen molar-refractivity contribution in [1.29, 1.82) is 0 Å². The van der Waals surface area contributed by atoms with Crippen LogP contribution < -0.4 is 4.74 Å². The highest BCUT2D eigenvalue weighted by atomic mass is 16.6. The second-order valence-electron chi connectivity index (χ2n) is 3.78. The number of ether oxygens (including phenoxy) is 1. The van der Waals surface area contributed by atoms with Crippen LogP contribution in [0.4, 0.5) is 5.69 Å². The highest BCUT2D eigenvalue weighted by molar-refractivity contribution is 5.51. The van der Waals surface area contributed by atoms with E-state index >= 15 is 0 Å². The van der Waals surface area contributed by atoms with Gasteiger partial charge in [-0.2, -0.15) is 0 Å². The number of nitrogens with zero attached hydrogens (tertiary/aromatic N) is 1. The van der Waals surface area contributed by atoms with Crippen LogP contribution in [0.3, 0.4) is 0 Å². The summed E-state index contributed by atoms with van der Waals surface area (Å²) in [6, 6.07) is 4.79. The number of hydrogen-bond acceptors (Lipinski definition) is 4. The van der Waals surface area contributed by atoms with E-state index in [2.05, 4.69) is 0 Å². The van der Waals surface area contributed by atoms with Crippen molar-refractivity contribution in [3.05, 3.63) is 33.9 Å². The van der Waals surface area contributed by atoms with Crippen molar-refractivity contribution >= 4 is 5.69 Å². The highest BCUT2D eigenvalue weighted by Gasteiger charge is 2.17. The quantitative estimate of drug-likeness (QED) is 0.613. The second-order valence-corrected chi connectivity index (χ2v) is 3.78. The van der Waals surface area contributed by atoms with Crippen LogP contribution in [0.2, 0.25) is 0 Å². The first-order valence-electron chi connectivity index (χ1n) is 5.04. The lowest BCUT2D eigenvalue weighted by Crippen LogP contribution is -2.13. The zero-order valence-corrected chi connectivity index (χ0v) is 9.34. The van der Waals surface area contributed by atoms with Crippen molar-refractivity contribution < 1.29 is 14.8 Å². The van der Waals surface area contributed by atoms with Gasteiger partial charge in [-0.25, -0.2) is 0 Å². The Kier molecular flexibility index (Phi) is 4.25. The lowest BCUT2D eigenvalue weighted by atomic mass is 10.2. The Hall–Kier alpha value is -1.62. The standard InChI is InChI=1S/C11H15NO4/c1-8(6-13)7-16-11-9(2)4-3-5-10(11)12(14)15/h3-5,8,13H,6-7H2,1-2H3. The van der Waals surface area contributed by atoms with Gasteiger partial charge in [0.15, 0.2) is 5.75 Å². The van der Waals surface area contributed by atoms with Crippen molar-refractivity contribution in [2.45, 2.75) is 13.8 Å². The predicted molar refractivity (Wildman–Crippen MR) is 59.6 cm³/mol. The molecule has 0 saturated carbocycles. The Bertz CT molecular complexity index is 378. The number of aliphatic hydroxyl groups excluding tert-OH is 1. The van der Waals surface area contributed by atoms with Crippen molar-refractivity contribution in [2.24, 2.45) is 5.92 Å². The first-order valence-corrected chi connectivity index (χ1v) is 5.04. The third-order valence-electron chi connectivity index (χ3n) is 2.21. The molecule has 0 aliphatic rings. The van der Waals surface area contributed by atoms with Crippen LogP contribution in [0.5, 0.6) is 5.75 Å². The van der Waals surface area contributed by atoms with Crippen molar-refractivity contribution in [1.82, 2.24) is 0 Å². The third kappa shape index (κ3) is 2.93. The predicted octanol–water partition coefficient (Wildman–Crippen LogP) is 1.91. The van der Waals surface area contributed by atoms with Gasteiger partial charge in [0.25, 0.3) is 0 Å². The molecule has 0 heterocycles. The van der Waals surface area contributed by atoms with Crippen LogP contribution in [0.1, 0.15) is 12.5 Å². The van der Waals surface area contributed by atoms with Crippen LogP contribution in [0.15, 0.2) is 18.2 Å². The molecule has 1 atom stereocenters. The number of hydrogen-bond donors (Lipinski definition) is 1. The molecular formula is C11H15NO4. The molecular weight excluding hydrogens is 210 g/mol. The molecule has 0 amide bonds. The molecule has 0 aromatic heterocycles.